The van der Waals surface area contributed by atoms with Gasteiger partial charge >= 0.3 is 0 Å². The molecule has 0 spiro atoms. The topological polar surface area (TPSA) is 35.8 Å². The lowest BCUT2D eigenvalue weighted by atomic mass is 10.1. The summed E-state index contributed by atoms with van der Waals surface area (Å²) in [5.74, 6) is 0. The average molecular weight is 380 g/mol. The monoisotopic (exact) mass is 378 g/mol. The van der Waals surface area contributed by atoms with E-state index in [1.807, 2.05) is 49.4 Å². The van der Waals surface area contributed by atoms with Gasteiger partial charge in [0.2, 0.25) is 0 Å². The number of rotatable bonds is 3. The molecule has 0 aliphatic rings. The third-order valence-corrected chi connectivity index (χ3v) is 4.22. The van der Waals surface area contributed by atoms with E-state index in [0.29, 0.717) is 0 Å². The Hall–Kier alpha value is -1.31. The van der Waals surface area contributed by atoms with E-state index in [1.54, 1.807) is 0 Å². The minimum Gasteiger partial charge on any atom is -0.366 e. The first kappa shape index (κ1) is 14.1. The molecule has 1 unspecified atom stereocenters. The molecule has 1 atom stereocenters. The number of halogens is 2. The Kier molecular flexibility index (Phi) is 4.62. The van der Waals surface area contributed by atoms with Gasteiger partial charge < -0.3 is 5.32 Å². The predicted molar refractivity (Wildman–Crippen MR) is 85.0 cm³/mol. The molecule has 0 heterocycles. The number of aryl methyl sites for hydroxylation is 1. The minimum atomic E-state index is -0.354. The summed E-state index contributed by atoms with van der Waals surface area (Å²) in [7, 11) is 0. The summed E-state index contributed by atoms with van der Waals surface area (Å²) in [6.45, 7) is 2.02. The molecule has 96 valence electrons. The number of benzene rings is 2. The Morgan fingerprint density at radius 1 is 1.11 bits per heavy atom. The first-order chi connectivity index (χ1) is 9.10. The number of nitrogens with zero attached hydrogens (tertiary/aromatic N) is 1. The van der Waals surface area contributed by atoms with Gasteiger partial charge in [0.15, 0.2) is 0 Å². The van der Waals surface area contributed by atoms with Gasteiger partial charge in [-0.05, 0) is 48.4 Å². The zero-order valence-electron chi connectivity index (χ0n) is 10.3. The molecular weight excluding hydrogens is 368 g/mol. The highest BCUT2D eigenvalue weighted by molar-refractivity contribution is 9.10. The lowest BCUT2D eigenvalue weighted by Gasteiger charge is -2.14. The molecule has 0 bridgehead atoms. The van der Waals surface area contributed by atoms with Crippen LogP contribution in [0.4, 0.5) is 5.69 Å². The van der Waals surface area contributed by atoms with E-state index in [1.165, 1.54) is 0 Å². The maximum absolute atomic E-state index is 9.32. The first-order valence-corrected chi connectivity index (χ1v) is 7.36. The molecule has 19 heavy (non-hydrogen) atoms. The summed E-state index contributed by atoms with van der Waals surface area (Å²) in [6.07, 6.45) is 0. The molecule has 0 aromatic heterocycles. The molecule has 2 aromatic rings. The molecule has 0 radical (unpaired) electrons. The van der Waals surface area contributed by atoms with Crippen molar-refractivity contribution >= 4 is 37.5 Å². The summed E-state index contributed by atoms with van der Waals surface area (Å²) in [5.41, 5.74) is 3.01. The van der Waals surface area contributed by atoms with E-state index in [0.717, 1.165) is 25.8 Å². The van der Waals surface area contributed by atoms with Crippen LogP contribution in [0.25, 0.3) is 0 Å². The maximum atomic E-state index is 9.32. The fraction of sp³-hybridized carbons (Fsp3) is 0.133. The van der Waals surface area contributed by atoms with Crippen LogP contribution in [0.15, 0.2) is 51.4 Å². The Labute approximate surface area is 129 Å². The summed E-state index contributed by atoms with van der Waals surface area (Å²) in [6, 6.07) is 15.7. The van der Waals surface area contributed by atoms with Gasteiger partial charge in [0.1, 0.15) is 6.04 Å². The minimum absolute atomic E-state index is 0.354. The molecule has 4 heteroatoms. The van der Waals surface area contributed by atoms with Crippen molar-refractivity contribution in [3.8, 4) is 6.07 Å². The van der Waals surface area contributed by atoms with E-state index >= 15 is 0 Å². The number of hydrogen-bond donors (Lipinski definition) is 1. The van der Waals surface area contributed by atoms with Crippen LogP contribution in [0.5, 0.6) is 0 Å². The van der Waals surface area contributed by atoms with E-state index in [-0.39, 0.29) is 6.04 Å². The van der Waals surface area contributed by atoms with E-state index < -0.39 is 0 Å². The summed E-state index contributed by atoms with van der Waals surface area (Å²) >= 11 is 6.86. The van der Waals surface area contributed by atoms with Gasteiger partial charge in [0.05, 0.1) is 6.07 Å². The van der Waals surface area contributed by atoms with Gasteiger partial charge in [-0.25, -0.2) is 0 Å². The van der Waals surface area contributed by atoms with Crippen LogP contribution in [-0.4, -0.2) is 0 Å². The molecule has 0 aliphatic carbocycles. The van der Waals surface area contributed by atoms with Gasteiger partial charge in [0.25, 0.3) is 0 Å². The highest BCUT2D eigenvalue weighted by atomic mass is 79.9. The summed E-state index contributed by atoms with van der Waals surface area (Å²) in [4.78, 5) is 0. The molecule has 0 fully saturated rings. The van der Waals surface area contributed by atoms with Crippen LogP contribution < -0.4 is 5.32 Å². The van der Waals surface area contributed by atoms with Gasteiger partial charge in [-0.2, -0.15) is 5.26 Å². The molecule has 1 N–H and O–H groups in total. The Balaban J connectivity index is 2.23. The van der Waals surface area contributed by atoms with Gasteiger partial charge in [0, 0.05) is 14.6 Å². The number of nitriles is 1. The van der Waals surface area contributed by atoms with Crippen LogP contribution in [0, 0.1) is 18.3 Å². The SMILES string of the molecule is Cc1cc(C(C#N)Nc2ccc(Br)cc2)ccc1Br. The first-order valence-electron chi connectivity index (χ1n) is 5.78. The highest BCUT2D eigenvalue weighted by Gasteiger charge is 2.11. The molecule has 2 aromatic carbocycles. The van der Waals surface area contributed by atoms with Crippen molar-refractivity contribution in [2.75, 3.05) is 5.32 Å². The molecular formula is C15H12Br2N2. The molecule has 0 saturated carbocycles. The van der Waals surface area contributed by atoms with Gasteiger partial charge in [-0.3, -0.25) is 0 Å². The predicted octanol–water partition coefficient (Wildman–Crippen LogP) is 5.20. The van der Waals surface area contributed by atoms with Crippen LogP contribution in [0.2, 0.25) is 0 Å². The summed E-state index contributed by atoms with van der Waals surface area (Å²) in [5, 5.41) is 12.5. The van der Waals surface area contributed by atoms with E-state index in [4.69, 9.17) is 0 Å². The fourth-order valence-electron chi connectivity index (χ4n) is 1.75. The zero-order chi connectivity index (χ0) is 13.8. The molecule has 0 amide bonds. The van der Waals surface area contributed by atoms with Crippen molar-refractivity contribution in [2.45, 2.75) is 13.0 Å². The second-order valence-electron chi connectivity index (χ2n) is 4.22. The average Bonchev–Trinajstić information content (AvgIpc) is 2.41. The molecule has 0 aliphatic heterocycles. The number of anilines is 1. The Morgan fingerprint density at radius 2 is 1.79 bits per heavy atom. The van der Waals surface area contributed by atoms with Crippen LogP contribution >= 0.6 is 31.9 Å². The van der Waals surface area contributed by atoms with Crippen LogP contribution in [0.1, 0.15) is 17.2 Å². The Bertz CT molecular complexity index is 615. The molecule has 0 saturated heterocycles. The van der Waals surface area contributed by atoms with Crippen molar-refractivity contribution < 1.29 is 0 Å². The fourth-order valence-corrected chi connectivity index (χ4v) is 2.26. The van der Waals surface area contributed by atoms with Crippen molar-refractivity contribution in [2.24, 2.45) is 0 Å². The number of nitrogens with one attached hydrogen (secondary N) is 1. The lowest BCUT2D eigenvalue weighted by molar-refractivity contribution is 0.993. The standard InChI is InChI=1S/C15H12Br2N2/c1-10-8-11(2-7-14(10)17)15(9-18)19-13-5-3-12(16)4-6-13/h2-8,15,19H,1H3. The smallest absolute Gasteiger partial charge is 0.140 e. The van der Waals surface area contributed by atoms with Gasteiger partial charge in [-0.15, -0.1) is 0 Å². The normalized spacial score (nSPS) is 11.7. The van der Waals surface area contributed by atoms with Crippen LogP contribution in [-0.2, 0) is 0 Å². The van der Waals surface area contributed by atoms with Crippen molar-refractivity contribution in [3.63, 3.8) is 0 Å². The van der Waals surface area contributed by atoms with E-state index in [2.05, 4.69) is 43.2 Å². The summed E-state index contributed by atoms with van der Waals surface area (Å²) < 4.78 is 2.07. The lowest BCUT2D eigenvalue weighted by Crippen LogP contribution is -2.08. The third-order valence-electron chi connectivity index (χ3n) is 2.80. The van der Waals surface area contributed by atoms with Crippen molar-refractivity contribution in [3.05, 3.63) is 62.5 Å². The van der Waals surface area contributed by atoms with Crippen molar-refractivity contribution in [1.29, 1.82) is 5.26 Å². The second kappa shape index (κ2) is 6.23. The zero-order valence-corrected chi connectivity index (χ0v) is 13.5. The molecule has 2 rings (SSSR count). The maximum Gasteiger partial charge on any atom is 0.140 e. The second-order valence-corrected chi connectivity index (χ2v) is 5.99. The highest BCUT2D eigenvalue weighted by Crippen LogP contribution is 2.24. The largest absolute Gasteiger partial charge is 0.366 e. The van der Waals surface area contributed by atoms with Gasteiger partial charge in [-0.1, -0.05) is 44.0 Å². The third kappa shape index (κ3) is 3.59. The quantitative estimate of drug-likeness (QED) is 0.795. The molecule has 2 nitrogen and oxygen atoms in total. The van der Waals surface area contributed by atoms with Crippen LogP contribution in [0.3, 0.4) is 0 Å². The Morgan fingerprint density at radius 3 is 2.37 bits per heavy atom. The van der Waals surface area contributed by atoms with Crippen molar-refractivity contribution in [1.82, 2.24) is 0 Å². The van der Waals surface area contributed by atoms with E-state index in [9.17, 15) is 5.26 Å². The number of hydrogen-bond acceptors (Lipinski definition) is 2.